The van der Waals surface area contributed by atoms with Gasteiger partial charge in [-0.1, -0.05) is 23.4 Å². The van der Waals surface area contributed by atoms with Crippen LogP contribution >= 0.6 is 0 Å². The minimum atomic E-state index is -0.639. The molecule has 0 spiro atoms. The van der Waals surface area contributed by atoms with Gasteiger partial charge in [0.05, 0.1) is 12.5 Å². The van der Waals surface area contributed by atoms with Crippen LogP contribution < -0.4 is 15.8 Å². The van der Waals surface area contributed by atoms with E-state index in [0.29, 0.717) is 19.6 Å². The molecule has 0 radical (unpaired) electrons. The van der Waals surface area contributed by atoms with Gasteiger partial charge in [0.15, 0.2) is 5.84 Å². The molecule has 0 fully saturated rings. The van der Waals surface area contributed by atoms with Gasteiger partial charge in [0.1, 0.15) is 5.75 Å². The molecule has 1 unspecified atom stereocenters. The highest BCUT2D eigenvalue weighted by atomic mass is 16.5. The van der Waals surface area contributed by atoms with Crippen molar-refractivity contribution in [1.82, 2.24) is 5.32 Å². The van der Waals surface area contributed by atoms with E-state index in [4.69, 9.17) is 15.7 Å². The summed E-state index contributed by atoms with van der Waals surface area (Å²) < 4.78 is 5.48. The van der Waals surface area contributed by atoms with Crippen LogP contribution in [-0.2, 0) is 4.79 Å². The van der Waals surface area contributed by atoms with E-state index in [0.717, 1.165) is 5.75 Å². The molecule has 0 aromatic heterocycles. The minimum absolute atomic E-state index is 0.0990. The maximum absolute atomic E-state index is 11.6. The third kappa shape index (κ3) is 5.29. The fourth-order valence-corrected chi connectivity index (χ4v) is 1.36. The number of rotatable bonds is 7. The highest BCUT2D eigenvalue weighted by molar-refractivity contribution is 6.01. The first-order valence-corrected chi connectivity index (χ1v) is 6.08. The normalized spacial score (nSPS) is 12.8. The summed E-state index contributed by atoms with van der Waals surface area (Å²) in [5.41, 5.74) is 5.34. The van der Waals surface area contributed by atoms with Gasteiger partial charge in [0.2, 0.25) is 5.91 Å². The molecule has 1 aromatic carbocycles. The van der Waals surface area contributed by atoms with Crippen LogP contribution in [0.15, 0.2) is 35.5 Å². The van der Waals surface area contributed by atoms with Crippen molar-refractivity contribution < 1.29 is 14.7 Å². The first-order valence-electron chi connectivity index (χ1n) is 6.08. The zero-order valence-electron chi connectivity index (χ0n) is 10.9. The van der Waals surface area contributed by atoms with Gasteiger partial charge in [-0.05, 0) is 25.5 Å². The number of ether oxygens (including phenoxy) is 1. The van der Waals surface area contributed by atoms with Gasteiger partial charge in [0, 0.05) is 6.54 Å². The Morgan fingerprint density at radius 1 is 1.47 bits per heavy atom. The molecule has 1 rings (SSSR count). The van der Waals surface area contributed by atoms with Crippen molar-refractivity contribution in [3.05, 3.63) is 30.3 Å². The monoisotopic (exact) mass is 265 g/mol. The summed E-state index contributed by atoms with van der Waals surface area (Å²) in [6.07, 6.45) is 0.684. The van der Waals surface area contributed by atoms with Crippen molar-refractivity contribution in [3.8, 4) is 5.75 Å². The first-order chi connectivity index (χ1) is 9.15. The molecule has 1 amide bonds. The molecule has 6 nitrogen and oxygen atoms in total. The SMILES string of the molecule is CC(C(=O)NCCCOc1ccccc1)C(N)=NO. The summed E-state index contributed by atoms with van der Waals surface area (Å²) in [4.78, 5) is 11.6. The van der Waals surface area contributed by atoms with Crippen LogP contribution in [0.2, 0.25) is 0 Å². The Kier molecular flexibility index (Phi) is 6.21. The summed E-state index contributed by atoms with van der Waals surface area (Å²) in [5.74, 6) is -0.202. The Labute approximate surface area is 112 Å². The van der Waals surface area contributed by atoms with Gasteiger partial charge < -0.3 is 21.0 Å². The lowest BCUT2D eigenvalue weighted by atomic mass is 10.1. The molecule has 6 heteroatoms. The predicted octanol–water partition coefficient (Wildman–Crippen LogP) is 0.954. The van der Waals surface area contributed by atoms with E-state index in [1.165, 1.54) is 0 Å². The van der Waals surface area contributed by atoms with E-state index in [2.05, 4.69) is 10.5 Å². The molecule has 0 saturated carbocycles. The number of hydrogen-bond acceptors (Lipinski definition) is 4. The smallest absolute Gasteiger partial charge is 0.230 e. The zero-order valence-corrected chi connectivity index (χ0v) is 10.9. The number of carbonyl (C=O) groups is 1. The Bertz CT molecular complexity index is 420. The standard InChI is InChI=1S/C13H19N3O3/c1-10(12(14)16-18)13(17)15-8-5-9-19-11-6-3-2-4-7-11/h2-4,6-7,10,18H,5,8-9H2,1H3,(H2,14,16)(H,15,17). The van der Waals surface area contributed by atoms with Gasteiger partial charge in [-0.3, -0.25) is 4.79 Å². The Morgan fingerprint density at radius 2 is 2.16 bits per heavy atom. The maximum atomic E-state index is 11.6. The largest absolute Gasteiger partial charge is 0.494 e. The number of oxime groups is 1. The number of para-hydroxylation sites is 1. The number of carbonyl (C=O) groups excluding carboxylic acids is 1. The predicted molar refractivity (Wildman–Crippen MR) is 72.1 cm³/mol. The van der Waals surface area contributed by atoms with Crippen LogP contribution in [0, 0.1) is 5.92 Å². The fourth-order valence-electron chi connectivity index (χ4n) is 1.36. The summed E-state index contributed by atoms with van der Waals surface area (Å²) in [7, 11) is 0. The summed E-state index contributed by atoms with van der Waals surface area (Å²) in [6.45, 7) is 2.57. The third-order valence-electron chi connectivity index (χ3n) is 2.58. The number of amidine groups is 1. The van der Waals surface area contributed by atoms with E-state index < -0.39 is 5.92 Å². The van der Waals surface area contributed by atoms with Crippen LogP contribution in [0.25, 0.3) is 0 Å². The van der Waals surface area contributed by atoms with E-state index in [1.54, 1.807) is 6.92 Å². The molecule has 104 valence electrons. The van der Waals surface area contributed by atoms with Crippen LogP contribution in [0.1, 0.15) is 13.3 Å². The minimum Gasteiger partial charge on any atom is -0.494 e. The van der Waals surface area contributed by atoms with Crippen molar-refractivity contribution in [3.63, 3.8) is 0 Å². The highest BCUT2D eigenvalue weighted by Gasteiger charge is 2.16. The molecule has 1 atom stereocenters. The Balaban J connectivity index is 2.16. The van der Waals surface area contributed by atoms with E-state index in [9.17, 15) is 4.79 Å². The number of benzene rings is 1. The van der Waals surface area contributed by atoms with Gasteiger partial charge in [-0.2, -0.15) is 0 Å². The summed E-state index contributed by atoms with van der Waals surface area (Å²) in [5, 5.41) is 13.9. The molecular formula is C13H19N3O3. The maximum Gasteiger partial charge on any atom is 0.230 e. The molecule has 0 aliphatic carbocycles. The molecule has 0 aliphatic rings. The number of nitrogens with two attached hydrogens (primary N) is 1. The van der Waals surface area contributed by atoms with Gasteiger partial charge >= 0.3 is 0 Å². The average Bonchev–Trinajstić information content (AvgIpc) is 2.46. The van der Waals surface area contributed by atoms with Gasteiger partial charge in [0.25, 0.3) is 0 Å². The van der Waals surface area contributed by atoms with Gasteiger partial charge in [-0.15, -0.1) is 0 Å². The van der Waals surface area contributed by atoms with Crippen molar-refractivity contribution in [2.75, 3.05) is 13.2 Å². The topological polar surface area (TPSA) is 96.9 Å². The van der Waals surface area contributed by atoms with E-state index in [-0.39, 0.29) is 11.7 Å². The van der Waals surface area contributed by atoms with Crippen molar-refractivity contribution in [2.45, 2.75) is 13.3 Å². The number of amides is 1. The molecule has 4 N–H and O–H groups in total. The van der Waals surface area contributed by atoms with E-state index >= 15 is 0 Å². The lowest BCUT2D eigenvalue weighted by molar-refractivity contribution is -0.122. The molecule has 19 heavy (non-hydrogen) atoms. The van der Waals surface area contributed by atoms with Gasteiger partial charge in [-0.25, -0.2) is 0 Å². The zero-order chi connectivity index (χ0) is 14.1. The van der Waals surface area contributed by atoms with Crippen LogP contribution in [0.5, 0.6) is 5.75 Å². The van der Waals surface area contributed by atoms with Crippen molar-refractivity contribution >= 4 is 11.7 Å². The van der Waals surface area contributed by atoms with Crippen molar-refractivity contribution in [1.29, 1.82) is 0 Å². The van der Waals surface area contributed by atoms with Crippen LogP contribution in [0.4, 0.5) is 0 Å². The number of hydrogen-bond donors (Lipinski definition) is 3. The second-order valence-electron chi connectivity index (χ2n) is 4.05. The Hall–Kier alpha value is -2.24. The second-order valence-corrected chi connectivity index (χ2v) is 4.05. The molecule has 0 heterocycles. The highest BCUT2D eigenvalue weighted by Crippen LogP contribution is 2.08. The lowest BCUT2D eigenvalue weighted by Gasteiger charge is -2.11. The molecule has 0 saturated heterocycles. The summed E-state index contributed by atoms with van der Waals surface area (Å²) in [6, 6.07) is 9.46. The Morgan fingerprint density at radius 3 is 2.79 bits per heavy atom. The average molecular weight is 265 g/mol. The van der Waals surface area contributed by atoms with Crippen molar-refractivity contribution in [2.24, 2.45) is 16.8 Å². The van der Waals surface area contributed by atoms with Crippen LogP contribution in [0.3, 0.4) is 0 Å². The fraction of sp³-hybridized carbons (Fsp3) is 0.385. The molecular weight excluding hydrogens is 246 g/mol. The van der Waals surface area contributed by atoms with E-state index in [1.807, 2.05) is 30.3 Å². The van der Waals surface area contributed by atoms with Crippen LogP contribution in [-0.4, -0.2) is 30.1 Å². The second kappa shape index (κ2) is 7.97. The number of nitrogens with zero attached hydrogens (tertiary/aromatic N) is 1. The quantitative estimate of drug-likeness (QED) is 0.225. The lowest BCUT2D eigenvalue weighted by Crippen LogP contribution is -2.37. The summed E-state index contributed by atoms with van der Waals surface area (Å²) >= 11 is 0. The first kappa shape index (κ1) is 14.8. The molecule has 1 aromatic rings. The molecule has 0 bridgehead atoms. The molecule has 0 aliphatic heterocycles. The number of nitrogens with one attached hydrogen (secondary N) is 1. The third-order valence-corrected chi connectivity index (χ3v) is 2.58.